The number of aromatic nitrogens is 2. The van der Waals surface area contributed by atoms with E-state index in [0.717, 1.165) is 12.6 Å². The molecule has 0 spiro atoms. The van der Waals surface area contributed by atoms with Crippen molar-refractivity contribution in [3.8, 4) is 0 Å². The van der Waals surface area contributed by atoms with Crippen LogP contribution in [0.5, 0.6) is 0 Å². The first-order valence-corrected chi connectivity index (χ1v) is 5.07. The van der Waals surface area contributed by atoms with Crippen molar-refractivity contribution < 1.29 is 4.57 Å². The van der Waals surface area contributed by atoms with Crippen LogP contribution >= 0.6 is 0 Å². The summed E-state index contributed by atoms with van der Waals surface area (Å²) < 4.78 is 4.52. The molecule has 70 valence electrons. The van der Waals surface area contributed by atoms with Crippen molar-refractivity contribution >= 4 is 0 Å². The maximum atomic E-state index is 3.73. The highest BCUT2D eigenvalue weighted by atomic mass is 15.1. The molecule has 0 saturated heterocycles. The maximum Gasteiger partial charge on any atom is 0.244 e. The molecule has 0 unspecified atom stereocenters. The average Bonchev–Trinajstić information content (AvgIpc) is 2.70. The van der Waals surface area contributed by atoms with Gasteiger partial charge in [-0.15, -0.1) is 0 Å². The third-order valence-electron chi connectivity index (χ3n) is 2.80. The zero-order valence-corrected chi connectivity index (χ0v) is 8.02. The molecule has 1 aliphatic carbocycles. The van der Waals surface area contributed by atoms with Crippen molar-refractivity contribution in [2.75, 3.05) is 0 Å². The largest absolute Gasteiger partial charge is 0.244 e. The van der Waals surface area contributed by atoms with Gasteiger partial charge in [0.05, 0.1) is 0 Å². The van der Waals surface area contributed by atoms with Crippen molar-refractivity contribution in [3.05, 3.63) is 31.4 Å². The Labute approximate surface area is 79.5 Å². The molecule has 0 amide bonds. The van der Waals surface area contributed by atoms with Gasteiger partial charge in [0.25, 0.3) is 0 Å². The zero-order chi connectivity index (χ0) is 9.10. The lowest BCUT2D eigenvalue weighted by atomic mass is 10.2. The Hall–Kier alpha value is -1.05. The van der Waals surface area contributed by atoms with Crippen molar-refractivity contribution in [1.82, 2.24) is 4.57 Å². The van der Waals surface area contributed by atoms with E-state index in [0.29, 0.717) is 0 Å². The smallest absolute Gasteiger partial charge is 0.234 e. The SMILES string of the molecule is C=CCn1cc[n+](C2CCCC2)c1. The third-order valence-corrected chi connectivity index (χ3v) is 2.80. The van der Waals surface area contributed by atoms with Crippen molar-refractivity contribution in [2.24, 2.45) is 0 Å². The molecule has 1 aromatic heterocycles. The fraction of sp³-hybridized carbons (Fsp3) is 0.545. The lowest BCUT2D eigenvalue weighted by molar-refractivity contribution is -0.721. The first kappa shape index (κ1) is 8.54. The molecule has 1 aliphatic rings. The van der Waals surface area contributed by atoms with E-state index in [1.54, 1.807) is 0 Å². The van der Waals surface area contributed by atoms with Crippen LogP contribution in [0.4, 0.5) is 0 Å². The normalized spacial score (nSPS) is 17.8. The molecule has 0 N–H and O–H groups in total. The highest BCUT2D eigenvalue weighted by Crippen LogP contribution is 2.24. The van der Waals surface area contributed by atoms with Crippen LogP contribution in [-0.4, -0.2) is 4.57 Å². The van der Waals surface area contributed by atoms with Gasteiger partial charge < -0.3 is 0 Å². The van der Waals surface area contributed by atoms with E-state index in [9.17, 15) is 0 Å². The number of hydrogen-bond acceptors (Lipinski definition) is 0. The summed E-state index contributed by atoms with van der Waals surface area (Å²) in [5.41, 5.74) is 0. The van der Waals surface area contributed by atoms with Crippen LogP contribution in [0.2, 0.25) is 0 Å². The monoisotopic (exact) mass is 177 g/mol. The van der Waals surface area contributed by atoms with Crippen LogP contribution < -0.4 is 4.57 Å². The lowest BCUT2D eigenvalue weighted by Gasteiger charge is -2.02. The minimum atomic E-state index is 0.756. The molecular weight excluding hydrogens is 160 g/mol. The molecule has 2 rings (SSSR count). The Balaban J connectivity index is 2.07. The minimum Gasteiger partial charge on any atom is -0.234 e. The molecule has 0 atom stereocenters. The summed E-state index contributed by atoms with van der Waals surface area (Å²) >= 11 is 0. The van der Waals surface area contributed by atoms with Crippen LogP contribution in [0, 0.1) is 0 Å². The maximum absolute atomic E-state index is 3.73. The van der Waals surface area contributed by atoms with Crippen LogP contribution in [0.1, 0.15) is 31.7 Å². The number of allylic oxidation sites excluding steroid dienone is 1. The van der Waals surface area contributed by atoms with Crippen molar-refractivity contribution in [3.63, 3.8) is 0 Å². The Morgan fingerprint density at radius 1 is 1.46 bits per heavy atom. The minimum absolute atomic E-state index is 0.756. The molecule has 1 fully saturated rings. The lowest BCUT2D eigenvalue weighted by Crippen LogP contribution is -2.35. The molecule has 2 nitrogen and oxygen atoms in total. The molecule has 0 aliphatic heterocycles. The molecule has 1 saturated carbocycles. The van der Waals surface area contributed by atoms with Gasteiger partial charge in [0.1, 0.15) is 25.0 Å². The Morgan fingerprint density at radius 2 is 2.23 bits per heavy atom. The van der Waals surface area contributed by atoms with E-state index in [4.69, 9.17) is 0 Å². The van der Waals surface area contributed by atoms with Gasteiger partial charge in [0.2, 0.25) is 6.33 Å². The van der Waals surface area contributed by atoms with Crippen LogP contribution in [-0.2, 0) is 6.54 Å². The molecule has 13 heavy (non-hydrogen) atoms. The molecule has 0 aromatic carbocycles. The fourth-order valence-corrected chi connectivity index (χ4v) is 2.09. The number of hydrogen-bond donors (Lipinski definition) is 0. The first-order chi connectivity index (χ1) is 6.40. The Bertz CT molecular complexity index is 282. The molecule has 0 radical (unpaired) electrons. The highest BCUT2D eigenvalue weighted by Gasteiger charge is 2.20. The highest BCUT2D eigenvalue weighted by molar-refractivity contribution is 4.75. The quantitative estimate of drug-likeness (QED) is 0.494. The van der Waals surface area contributed by atoms with Crippen molar-refractivity contribution in [1.29, 1.82) is 0 Å². The zero-order valence-electron chi connectivity index (χ0n) is 8.02. The molecule has 2 heteroatoms. The number of imidazole rings is 1. The van der Waals surface area contributed by atoms with Crippen LogP contribution in [0.15, 0.2) is 31.4 Å². The summed E-state index contributed by atoms with van der Waals surface area (Å²) in [7, 11) is 0. The summed E-state index contributed by atoms with van der Waals surface area (Å²) in [6.07, 6.45) is 13.9. The molecule has 1 aromatic rings. The van der Waals surface area contributed by atoms with Gasteiger partial charge in [-0.2, -0.15) is 0 Å². The second-order valence-corrected chi connectivity index (χ2v) is 3.78. The van der Waals surface area contributed by atoms with Crippen LogP contribution in [0.3, 0.4) is 0 Å². The third kappa shape index (κ3) is 1.82. The van der Waals surface area contributed by atoms with Gasteiger partial charge in [-0.25, -0.2) is 9.13 Å². The predicted octanol–water partition coefficient (Wildman–Crippen LogP) is 2.08. The second-order valence-electron chi connectivity index (χ2n) is 3.78. The van der Waals surface area contributed by atoms with Crippen LogP contribution in [0.25, 0.3) is 0 Å². The molecule has 1 heterocycles. The summed E-state index contributed by atoms with van der Waals surface area (Å²) in [4.78, 5) is 0. The van der Waals surface area contributed by atoms with Gasteiger partial charge >= 0.3 is 0 Å². The average molecular weight is 177 g/mol. The van der Waals surface area contributed by atoms with E-state index >= 15 is 0 Å². The molecular formula is C11H17N2+. The summed E-state index contributed by atoms with van der Waals surface area (Å²) in [6.45, 7) is 4.65. The van der Waals surface area contributed by atoms with Gasteiger partial charge in [0, 0.05) is 0 Å². The van der Waals surface area contributed by atoms with Gasteiger partial charge in [-0.3, -0.25) is 0 Å². The second kappa shape index (κ2) is 3.77. The fourth-order valence-electron chi connectivity index (χ4n) is 2.09. The number of rotatable bonds is 3. The van der Waals surface area contributed by atoms with E-state index in [-0.39, 0.29) is 0 Å². The van der Waals surface area contributed by atoms with Gasteiger partial charge in [-0.05, 0) is 25.7 Å². The van der Waals surface area contributed by atoms with Gasteiger partial charge in [0.15, 0.2) is 0 Å². The Morgan fingerprint density at radius 3 is 2.92 bits per heavy atom. The van der Waals surface area contributed by atoms with E-state index in [2.05, 4.69) is 34.4 Å². The van der Waals surface area contributed by atoms with Crippen molar-refractivity contribution in [2.45, 2.75) is 38.3 Å². The van der Waals surface area contributed by atoms with E-state index < -0.39 is 0 Å². The number of nitrogens with zero attached hydrogens (tertiary/aromatic N) is 2. The summed E-state index contributed by atoms with van der Waals surface area (Å²) in [6, 6.07) is 0.756. The van der Waals surface area contributed by atoms with E-state index in [1.807, 2.05) is 6.08 Å². The Kier molecular flexibility index (Phi) is 2.48. The first-order valence-electron chi connectivity index (χ1n) is 5.07. The van der Waals surface area contributed by atoms with E-state index in [1.165, 1.54) is 25.7 Å². The van der Waals surface area contributed by atoms with Gasteiger partial charge in [-0.1, -0.05) is 12.7 Å². The molecule has 0 bridgehead atoms. The summed E-state index contributed by atoms with van der Waals surface area (Å²) in [5, 5.41) is 0. The predicted molar refractivity (Wildman–Crippen MR) is 52.3 cm³/mol. The topological polar surface area (TPSA) is 8.81 Å². The standard InChI is InChI=1S/C11H17N2/c1-2-7-12-8-9-13(10-12)11-5-3-4-6-11/h2,8-11H,1,3-7H2/q+1. The summed E-state index contributed by atoms with van der Waals surface area (Å²) in [5.74, 6) is 0.